The number of piperidine rings is 1. The van der Waals surface area contributed by atoms with Gasteiger partial charge in [0.05, 0.1) is 5.54 Å². The summed E-state index contributed by atoms with van der Waals surface area (Å²) in [6.45, 7) is 5.26. The highest BCUT2D eigenvalue weighted by atomic mass is 19.1. The summed E-state index contributed by atoms with van der Waals surface area (Å²) in [4.78, 5) is 14.4. The number of carbonyl (C=O) groups is 1. The largest absolute Gasteiger partial charge is 0.311 e. The Labute approximate surface area is 113 Å². The molecule has 0 spiro atoms. The molecule has 1 fully saturated rings. The van der Waals surface area contributed by atoms with Crippen molar-refractivity contribution in [3.05, 3.63) is 30.1 Å². The van der Waals surface area contributed by atoms with Gasteiger partial charge in [-0.2, -0.15) is 0 Å². The first-order valence-electron chi connectivity index (χ1n) is 6.89. The summed E-state index contributed by atoms with van der Waals surface area (Å²) in [5.74, 6) is -0.286. The molecule has 0 aromatic heterocycles. The summed E-state index contributed by atoms with van der Waals surface area (Å²) >= 11 is 0. The maximum Gasteiger partial charge on any atom is 0.246 e. The molecule has 1 unspecified atom stereocenters. The molecule has 0 radical (unpaired) electrons. The zero-order valence-corrected chi connectivity index (χ0v) is 11.6. The molecular formula is C15H21FN2O. The van der Waals surface area contributed by atoms with Gasteiger partial charge in [0.2, 0.25) is 5.91 Å². The fourth-order valence-electron chi connectivity index (χ4n) is 2.62. The lowest BCUT2D eigenvalue weighted by molar-refractivity contribution is -0.125. The lowest BCUT2D eigenvalue weighted by atomic mass is 9.89. The van der Waals surface area contributed by atoms with Crippen LogP contribution in [0.15, 0.2) is 24.3 Å². The van der Waals surface area contributed by atoms with E-state index in [0.29, 0.717) is 12.2 Å². The number of hydrogen-bond donors (Lipinski definition) is 1. The monoisotopic (exact) mass is 264 g/mol. The number of nitrogens with zero attached hydrogens (tertiary/aromatic N) is 1. The Bertz CT molecular complexity index is 455. The van der Waals surface area contributed by atoms with Gasteiger partial charge in [0.25, 0.3) is 0 Å². The molecule has 1 aromatic carbocycles. The zero-order chi connectivity index (χ0) is 13.9. The second kappa shape index (κ2) is 5.70. The summed E-state index contributed by atoms with van der Waals surface area (Å²) in [6.07, 6.45) is 2.99. The van der Waals surface area contributed by atoms with Gasteiger partial charge in [-0.1, -0.05) is 6.07 Å². The molecule has 19 heavy (non-hydrogen) atoms. The van der Waals surface area contributed by atoms with Crippen LogP contribution >= 0.6 is 0 Å². The van der Waals surface area contributed by atoms with Crippen molar-refractivity contribution in [1.82, 2.24) is 5.32 Å². The van der Waals surface area contributed by atoms with Crippen molar-refractivity contribution in [2.45, 2.75) is 38.6 Å². The standard InChI is InChI=1S/C15H21FN2O/c1-3-18(13-8-6-7-12(16)11-13)14(19)15(2)9-4-5-10-17-15/h6-8,11,17H,3-5,9-10H2,1-2H3. The first-order valence-corrected chi connectivity index (χ1v) is 6.89. The Hall–Kier alpha value is -1.42. The van der Waals surface area contributed by atoms with Gasteiger partial charge in [-0.05, 0) is 57.9 Å². The quantitative estimate of drug-likeness (QED) is 0.910. The number of anilines is 1. The van der Waals surface area contributed by atoms with Crippen LogP contribution in [-0.4, -0.2) is 24.5 Å². The lowest BCUT2D eigenvalue weighted by Gasteiger charge is -2.37. The minimum Gasteiger partial charge on any atom is -0.311 e. The zero-order valence-electron chi connectivity index (χ0n) is 11.6. The Balaban J connectivity index is 2.24. The van der Waals surface area contributed by atoms with Crippen molar-refractivity contribution in [2.24, 2.45) is 0 Å². The summed E-state index contributed by atoms with van der Waals surface area (Å²) in [5.41, 5.74) is 0.0988. The first kappa shape index (κ1) is 14.0. The maximum absolute atomic E-state index is 13.3. The highest BCUT2D eigenvalue weighted by molar-refractivity contribution is 6.00. The van der Waals surface area contributed by atoms with Crippen LogP contribution in [0.3, 0.4) is 0 Å². The molecule has 1 amide bonds. The molecule has 1 N–H and O–H groups in total. The van der Waals surface area contributed by atoms with E-state index < -0.39 is 5.54 Å². The van der Waals surface area contributed by atoms with E-state index in [1.165, 1.54) is 12.1 Å². The van der Waals surface area contributed by atoms with Gasteiger partial charge in [0.1, 0.15) is 5.82 Å². The van der Waals surface area contributed by atoms with Gasteiger partial charge < -0.3 is 10.2 Å². The number of carbonyl (C=O) groups excluding carboxylic acids is 1. The molecule has 3 nitrogen and oxygen atoms in total. The van der Waals surface area contributed by atoms with Gasteiger partial charge in [0.15, 0.2) is 0 Å². The molecular weight excluding hydrogens is 243 g/mol. The predicted octanol–water partition coefficient (Wildman–Crippen LogP) is 2.71. The second-order valence-corrected chi connectivity index (χ2v) is 5.25. The average molecular weight is 264 g/mol. The molecule has 1 atom stereocenters. The molecule has 104 valence electrons. The Morgan fingerprint density at radius 2 is 2.26 bits per heavy atom. The van der Waals surface area contributed by atoms with E-state index in [9.17, 15) is 9.18 Å². The van der Waals surface area contributed by atoms with E-state index in [-0.39, 0.29) is 11.7 Å². The van der Waals surface area contributed by atoms with Crippen LogP contribution in [-0.2, 0) is 4.79 Å². The summed E-state index contributed by atoms with van der Waals surface area (Å²) in [7, 11) is 0. The second-order valence-electron chi connectivity index (χ2n) is 5.25. The van der Waals surface area contributed by atoms with E-state index in [0.717, 1.165) is 25.8 Å². The average Bonchev–Trinajstić information content (AvgIpc) is 2.40. The lowest BCUT2D eigenvalue weighted by Crippen LogP contribution is -2.58. The Kier molecular flexibility index (Phi) is 4.20. The topological polar surface area (TPSA) is 32.3 Å². The van der Waals surface area contributed by atoms with E-state index in [1.54, 1.807) is 17.0 Å². The molecule has 1 aliphatic rings. The van der Waals surface area contributed by atoms with E-state index in [1.807, 2.05) is 13.8 Å². The Morgan fingerprint density at radius 3 is 2.84 bits per heavy atom. The van der Waals surface area contributed by atoms with Crippen LogP contribution in [0.1, 0.15) is 33.1 Å². The molecule has 1 aliphatic heterocycles. The smallest absolute Gasteiger partial charge is 0.246 e. The number of rotatable bonds is 3. The van der Waals surface area contributed by atoms with Gasteiger partial charge in [-0.15, -0.1) is 0 Å². The van der Waals surface area contributed by atoms with Crippen molar-refractivity contribution < 1.29 is 9.18 Å². The minimum absolute atomic E-state index is 0.0281. The Morgan fingerprint density at radius 1 is 1.47 bits per heavy atom. The van der Waals surface area contributed by atoms with Crippen LogP contribution in [0, 0.1) is 5.82 Å². The van der Waals surface area contributed by atoms with Crippen LogP contribution in [0.25, 0.3) is 0 Å². The van der Waals surface area contributed by atoms with E-state index in [2.05, 4.69) is 5.32 Å². The summed E-state index contributed by atoms with van der Waals surface area (Å²) in [6, 6.07) is 6.21. The first-order chi connectivity index (χ1) is 9.07. The van der Waals surface area contributed by atoms with Gasteiger partial charge >= 0.3 is 0 Å². The number of hydrogen-bond acceptors (Lipinski definition) is 2. The molecule has 1 heterocycles. The van der Waals surface area contributed by atoms with Crippen LogP contribution < -0.4 is 10.2 Å². The number of halogens is 1. The SMILES string of the molecule is CCN(C(=O)C1(C)CCCCN1)c1cccc(F)c1. The van der Waals surface area contributed by atoms with E-state index >= 15 is 0 Å². The van der Waals surface area contributed by atoms with Crippen molar-refractivity contribution in [1.29, 1.82) is 0 Å². The molecule has 4 heteroatoms. The molecule has 2 rings (SSSR count). The number of nitrogens with one attached hydrogen (secondary N) is 1. The third-order valence-electron chi connectivity index (χ3n) is 3.77. The normalized spacial score (nSPS) is 23.1. The van der Waals surface area contributed by atoms with E-state index in [4.69, 9.17) is 0 Å². The maximum atomic E-state index is 13.3. The van der Waals surface area contributed by atoms with Crippen LogP contribution in [0.4, 0.5) is 10.1 Å². The molecule has 1 aromatic rings. The molecule has 1 saturated heterocycles. The van der Waals surface area contributed by atoms with Crippen molar-refractivity contribution in [3.8, 4) is 0 Å². The van der Waals surface area contributed by atoms with Gasteiger partial charge in [0, 0.05) is 12.2 Å². The number of likely N-dealkylation sites (N-methyl/N-ethyl adjacent to an activating group) is 1. The fraction of sp³-hybridized carbons (Fsp3) is 0.533. The van der Waals surface area contributed by atoms with Crippen LogP contribution in [0.5, 0.6) is 0 Å². The fourth-order valence-corrected chi connectivity index (χ4v) is 2.62. The van der Waals surface area contributed by atoms with Crippen LogP contribution in [0.2, 0.25) is 0 Å². The highest BCUT2D eigenvalue weighted by Crippen LogP contribution is 2.25. The number of benzene rings is 1. The summed E-state index contributed by atoms with van der Waals surface area (Å²) < 4.78 is 13.3. The van der Waals surface area contributed by atoms with Gasteiger partial charge in [-0.3, -0.25) is 4.79 Å². The van der Waals surface area contributed by atoms with Gasteiger partial charge in [-0.25, -0.2) is 4.39 Å². The molecule has 0 saturated carbocycles. The van der Waals surface area contributed by atoms with Crippen molar-refractivity contribution >= 4 is 11.6 Å². The summed E-state index contributed by atoms with van der Waals surface area (Å²) in [5, 5.41) is 3.31. The minimum atomic E-state index is -0.527. The third kappa shape index (κ3) is 2.95. The number of amides is 1. The van der Waals surface area contributed by atoms with Crippen molar-refractivity contribution in [3.63, 3.8) is 0 Å². The molecule has 0 aliphatic carbocycles. The third-order valence-corrected chi connectivity index (χ3v) is 3.77. The van der Waals surface area contributed by atoms with Crippen molar-refractivity contribution in [2.75, 3.05) is 18.0 Å². The predicted molar refractivity (Wildman–Crippen MR) is 74.7 cm³/mol. The molecule has 0 bridgehead atoms. The highest BCUT2D eigenvalue weighted by Gasteiger charge is 2.37.